The van der Waals surface area contributed by atoms with Crippen LogP contribution in [-0.4, -0.2) is 22.8 Å². The van der Waals surface area contributed by atoms with Crippen molar-refractivity contribution in [3.05, 3.63) is 84.1 Å². The fourth-order valence-electron chi connectivity index (χ4n) is 3.24. The summed E-state index contributed by atoms with van der Waals surface area (Å²) in [6.45, 7) is 7.99. The Hall–Kier alpha value is -2.68. The average Bonchev–Trinajstić information content (AvgIpc) is 3.26. The third kappa shape index (κ3) is 5.52. The molecule has 0 fully saturated rings. The van der Waals surface area contributed by atoms with Gasteiger partial charge in [0, 0.05) is 33.1 Å². The number of carbonyl (C=O) groups is 2. The van der Waals surface area contributed by atoms with E-state index >= 15 is 0 Å². The number of furan rings is 1. The van der Waals surface area contributed by atoms with E-state index in [1.807, 2.05) is 38.1 Å². The molecular formula is C24H26IN3O3. The van der Waals surface area contributed by atoms with Crippen LogP contribution in [0.1, 0.15) is 55.4 Å². The first-order chi connectivity index (χ1) is 14.7. The second kappa shape index (κ2) is 9.64. The van der Waals surface area contributed by atoms with Gasteiger partial charge in [0.1, 0.15) is 6.04 Å². The summed E-state index contributed by atoms with van der Waals surface area (Å²) < 4.78 is 5.32. The van der Waals surface area contributed by atoms with E-state index in [1.165, 1.54) is 11.2 Å². The maximum Gasteiger partial charge on any atom is 0.294 e. The molecule has 2 amide bonds. The van der Waals surface area contributed by atoms with Crippen molar-refractivity contribution in [1.82, 2.24) is 10.3 Å². The minimum atomic E-state index is -0.910. The van der Waals surface area contributed by atoms with E-state index < -0.39 is 11.9 Å². The Bertz CT molecular complexity index is 1010. The first kappa shape index (κ1) is 23.0. The minimum Gasteiger partial charge on any atom is -0.459 e. The van der Waals surface area contributed by atoms with Crippen molar-refractivity contribution in [3.63, 3.8) is 0 Å². The molecule has 2 heterocycles. The van der Waals surface area contributed by atoms with Crippen molar-refractivity contribution in [3.8, 4) is 0 Å². The highest BCUT2D eigenvalue weighted by Crippen LogP contribution is 2.34. The molecule has 0 saturated heterocycles. The number of aromatic nitrogens is 1. The molecule has 31 heavy (non-hydrogen) atoms. The molecule has 0 bridgehead atoms. The lowest BCUT2D eigenvalue weighted by Gasteiger charge is -2.31. The SMILES string of the molecule is CC(C)NC(=O)C(c1cccnc1)N(C(=O)c1ccco1)c1ccc(C(C)(C)I)cc1. The molecule has 6 nitrogen and oxygen atoms in total. The molecule has 1 unspecified atom stereocenters. The summed E-state index contributed by atoms with van der Waals surface area (Å²) in [5.74, 6) is -0.537. The van der Waals surface area contributed by atoms with Gasteiger partial charge in [0.15, 0.2) is 5.76 Å². The zero-order valence-corrected chi connectivity index (χ0v) is 20.2. The predicted octanol–water partition coefficient (Wildman–Crippen LogP) is 5.26. The molecule has 0 radical (unpaired) electrons. The largest absolute Gasteiger partial charge is 0.459 e. The lowest BCUT2D eigenvalue weighted by atomic mass is 10.0. The number of carbonyl (C=O) groups excluding carboxylic acids is 2. The number of nitrogens with zero attached hydrogens (tertiary/aromatic N) is 2. The number of anilines is 1. The summed E-state index contributed by atoms with van der Waals surface area (Å²) in [5.41, 5.74) is 2.32. The Balaban J connectivity index is 2.14. The molecule has 0 aliphatic heterocycles. The van der Waals surface area contributed by atoms with Gasteiger partial charge in [-0.1, -0.05) is 40.8 Å². The van der Waals surface area contributed by atoms with E-state index in [0.717, 1.165) is 5.56 Å². The smallest absolute Gasteiger partial charge is 0.294 e. The Kier molecular flexibility index (Phi) is 7.15. The first-order valence-corrected chi connectivity index (χ1v) is 11.1. The van der Waals surface area contributed by atoms with Crippen LogP contribution in [0.4, 0.5) is 5.69 Å². The number of halogens is 1. The van der Waals surface area contributed by atoms with Crippen LogP contribution in [-0.2, 0) is 8.22 Å². The average molecular weight is 531 g/mol. The van der Waals surface area contributed by atoms with Crippen molar-refractivity contribution >= 4 is 40.1 Å². The van der Waals surface area contributed by atoms with E-state index in [1.54, 1.807) is 36.7 Å². The summed E-state index contributed by atoms with van der Waals surface area (Å²) in [4.78, 5) is 32.5. The van der Waals surface area contributed by atoms with E-state index in [2.05, 4.69) is 46.7 Å². The highest BCUT2D eigenvalue weighted by molar-refractivity contribution is 14.1. The number of amides is 2. The van der Waals surface area contributed by atoms with Gasteiger partial charge in [0.2, 0.25) is 5.91 Å². The van der Waals surface area contributed by atoms with E-state index in [4.69, 9.17) is 4.42 Å². The standard InChI is InChI=1S/C24H26IN3O3/c1-16(2)27-22(29)21(17-7-5-13-26-15-17)28(23(30)20-8-6-14-31-20)19-11-9-18(10-12-19)24(3,4)25/h5-16,21H,1-4H3,(H,27,29). The van der Waals surface area contributed by atoms with Crippen LogP contribution in [0, 0.1) is 0 Å². The Labute approximate surface area is 196 Å². The third-order valence-corrected chi connectivity index (χ3v) is 5.34. The normalized spacial score (nSPS) is 12.5. The van der Waals surface area contributed by atoms with Crippen molar-refractivity contribution < 1.29 is 14.0 Å². The monoisotopic (exact) mass is 531 g/mol. The van der Waals surface area contributed by atoms with Crippen LogP contribution < -0.4 is 10.2 Å². The summed E-state index contributed by atoms with van der Waals surface area (Å²) in [6, 6.07) is 13.5. The van der Waals surface area contributed by atoms with Gasteiger partial charge in [-0.25, -0.2) is 0 Å². The molecule has 162 valence electrons. The lowest BCUT2D eigenvalue weighted by molar-refractivity contribution is -0.123. The number of alkyl halides is 1. The Morgan fingerprint density at radius 1 is 1.10 bits per heavy atom. The molecule has 1 aromatic carbocycles. The quantitative estimate of drug-likeness (QED) is 0.334. The van der Waals surface area contributed by atoms with Gasteiger partial charge >= 0.3 is 0 Å². The van der Waals surface area contributed by atoms with E-state index in [-0.39, 0.29) is 21.1 Å². The number of nitrogens with one attached hydrogen (secondary N) is 1. The van der Waals surface area contributed by atoms with Gasteiger partial charge in [-0.05, 0) is 63.6 Å². The fraction of sp³-hybridized carbons (Fsp3) is 0.292. The summed E-state index contributed by atoms with van der Waals surface area (Å²) in [6.07, 6.45) is 4.69. The molecule has 1 N–H and O–H groups in total. The molecule has 7 heteroatoms. The van der Waals surface area contributed by atoms with Gasteiger partial charge in [0.05, 0.1) is 6.26 Å². The molecule has 0 saturated carbocycles. The topological polar surface area (TPSA) is 75.4 Å². The molecule has 3 aromatic rings. The zero-order valence-electron chi connectivity index (χ0n) is 18.0. The van der Waals surface area contributed by atoms with Crippen LogP contribution in [0.3, 0.4) is 0 Å². The van der Waals surface area contributed by atoms with Gasteiger partial charge in [-0.2, -0.15) is 0 Å². The van der Waals surface area contributed by atoms with Crippen LogP contribution in [0.15, 0.2) is 71.6 Å². The van der Waals surface area contributed by atoms with E-state index in [9.17, 15) is 9.59 Å². The van der Waals surface area contributed by atoms with Gasteiger partial charge < -0.3 is 9.73 Å². The molecular weight excluding hydrogens is 505 g/mol. The summed E-state index contributed by atoms with van der Waals surface area (Å²) >= 11 is 2.37. The lowest BCUT2D eigenvalue weighted by Crippen LogP contribution is -2.45. The predicted molar refractivity (Wildman–Crippen MR) is 129 cm³/mol. The van der Waals surface area contributed by atoms with Gasteiger partial charge in [-0.15, -0.1) is 0 Å². The van der Waals surface area contributed by atoms with Crippen molar-refractivity contribution in [2.45, 2.75) is 43.2 Å². The molecule has 3 rings (SSSR count). The fourth-order valence-corrected chi connectivity index (χ4v) is 3.60. The highest BCUT2D eigenvalue weighted by atomic mass is 127. The highest BCUT2D eigenvalue weighted by Gasteiger charge is 2.35. The first-order valence-electron chi connectivity index (χ1n) is 10.1. The Morgan fingerprint density at radius 3 is 2.32 bits per heavy atom. The number of hydrogen-bond donors (Lipinski definition) is 1. The molecule has 2 aromatic heterocycles. The third-order valence-electron chi connectivity index (χ3n) is 4.72. The second-order valence-corrected chi connectivity index (χ2v) is 10.7. The molecule has 0 aliphatic rings. The number of hydrogen-bond acceptors (Lipinski definition) is 4. The van der Waals surface area contributed by atoms with E-state index in [0.29, 0.717) is 11.3 Å². The molecule has 1 atom stereocenters. The number of rotatable bonds is 7. The van der Waals surface area contributed by atoms with Crippen LogP contribution in [0.5, 0.6) is 0 Å². The van der Waals surface area contributed by atoms with Crippen molar-refractivity contribution in [2.75, 3.05) is 4.90 Å². The van der Waals surface area contributed by atoms with Crippen molar-refractivity contribution in [2.24, 2.45) is 0 Å². The number of pyridine rings is 1. The van der Waals surface area contributed by atoms with Crippen LogP contribution >= 0.6 is 22.6 Å². The number of benzene rings is 1. The Morgan fingerprint density at radius 2 is 1.81 bits per heavy atom. The molecule has 0 spiro atoms. The molecule has 0 aliphatic carbocycles. The zero-order chi connectivity index (χ0) is 22.6. The second-order valence-electron chi connectivity index (χ2n) is 8.02. The summed E-state index contributed by atoms with van der Waals surface area (Å²) in [5, 5.41) is 2.93. The van der Waals surface area contributed by atoms with Gasteiger partial charge in [-0.3, -0.25) is 19.5 Å². The van der Waals surface area contributed by atoms with Crippen LogP contribution in [0.25, 0.3) is 0 Å². The van der Waals surface area contributed by atoms with Crippen LogP contribution in [0.2, 0.25) is 0 Å². The van der Waals surface area contributed by atoms with Crippen molar-refractivity contribution in [1.29, 1.82) is 0 Å². The maximum absolute atomic E-state index is 13.5. The van der Waals surface area contributed by atoms with Gasteiger partial charge in [0.25, 0.3) is 5.91 Å². The maximum atomic E-state index is 13.5. The minimum absolute atomic E-state index is 0.0656. The summed E-state index contributed by atoms with van der Waals surface area (Å²) in [7, 11) is 0.